The standard InChI is InChI=1S/C22H21NO4/c1-25-20-11-8-16(21(15-20)26-2)14-22(24)23-17-9-12-19(13-10-17)27-18-6-4-3-5-7-18/h3-13,15H,14H2,1-2H3,(H,23,24). The van der Waals surface area contributed by atoms with Crippen molar-refractivity contribution in [3.05, 3.63) is 78.4 Å². The average Bonchev–Trinajstić information content (AvgIpc) is 2.70. The molecule has 0 radical (unpaired) electrons. The van der Waals surface area contributed by atoms with E-state index in [9.17, 15) is 4.79 Å². The van der Waals surface area contributed by atoms with E-state index in [2.05, 4.69) is 5.32 Å². The Morgan fingerprint density at radius 2 is 1.48 bits per heavy atom. The van der Waals surface area contributed by atoms with Crippen LogP contribution in [0.2, 0.25) is 0 Å². The Morgan fingerprint density at radius 3 is 2.15 bits per heavy atom. The van der Waals surface area contributed by atoms with Crippen LogP contribution in [0.5, 0.6) is 23.0 Å². The predicted molar refractivity (Wildman–Crippen MR) is 105 cm³/mol. The summed E-state index contributed by atoms with van der Waals surface area (Å²) < 4.78 is 16.3. The summed E-state index contributed by atoms with van der Waals surface area (Å²) in [6.45, 7) is 0. The molecular formula is C22H21NO4. The first-order chi connectivity index (χ1) is 13.2. The second kappa shape index (κ2) is 8.76. The van der Waals surface area contributed by atoms with Gasteiger partial charge in [-0.15, -0.1) is 0 Å². The number of carbonyl (C=O) groups is 1. The van der Waals surface area contributed by atoms with E-state index in [0.29, 0.717) is 22.9 Å². The lowest BCUT2D eigenvalue weighted by molar-refractivity contribution is -0.115. The van der Waals surface area contributed by atoms with Crippen molar-refractivity contribution in [1.29, 1.82) is 0 Å². The van der Waals surface area contributed by atoms with Crippen LogP contribution in [-0.4, -0.2) is 20.1 Å². The smallest absolute Gasteiger partial charge is 0.228 e. The van der Waals surface area contributed by atoms with Gasteiger partial charge in [0, 0.05) is 17.3 Å². The molecule has 0 aromatic heterocycles. The van der Waals surface area contributed by atoms with Crippen LogP contribution in [0.25, 0.3) is 0 Å². The number of amides is 1. The Labute approximate surface area is 158 Å². The van der Waals surface area contributed by atoms with E-state index in [-0.39, 0.29) is 12.3 Å². The lowest BCUT2D eigenvalue weighted by Gasteiger charge is -2.11. The van der Waals surface area contributed by atoms with Gasteiger partial charge in [0.15, 0.2) is 0 Å². The summed E-state index contributed by atoms with van der Waals surface area (Å²) in [6, 6.07) is 22.2. The number of hydrogen-bond donors (Lipinski definition) is 1. The van der Waals surface area contributed by atoms with E-state index in [4.69, 9.17) is 14.2 Å². The van der Waals surface area contributed by atoms with E-state index in [0.717, 1.165) is 11.3 Å². The first-order valence-electron chi connectivity index (χ1n) is 8.51. The molecule has 3 rings (SSSR count). The molecule has 0 saturated heterocycles. The van der Waals surface area contributed by atoms with Crippen LogP contribution in [0.15, 0.2) is 72.8 Å². The molecule has 0 aliphatic carbocycles. The number of ether oxygens (including phenoxy) is 3. The number of para-hydroxylation sites is 1. The number of benzene rings is 3. The minimum absolute atomic E-state index is 0.129. The van der Waals surface area contributed by atoms with E-state index in [1.54, 1.807) is 38.5 Å². The average molecular weight is 363 g/mol. The number of hydrogen-bond acceptors (Lipinski definition) is 4. The molecule has 138 valence electrons. The highest BCUT2D eigenvalue weighted by Crippen LogP contribution is 2.26. The topological polar surface area (TPSA) is 56.8 Å². The third-order valence-electron chi connectivity index (χ3n) is 3.96. The first kappa shape index (κ1) is 18.3. The van der Waals surface area contributed by atoms with Crippen molar-refractivity contribution in [1.82, 2.24) is 0 Å². The SMILES string of the molecule is COc1ccc(CC(=O)Nc2ccc(Oc3ccccc3)cc2)c(OC)c1. The van der Waals surface area contributed by atoms with Crippen molar-refractivity contribution >= 4 is 11.6 Å². The number of nitrogens with one attached hydrogen (secondary N) is 1. The fourth-order valence-electron chi connectivity index (χ4n) is 2.61. The Hall–Kier alpha value is -3.47. The highest BCUT2D eigenvalue weighted by molar-refractivity contribution is 5.92. The summed E-state index contributed by atoms with van der Waals surface area (Å²) >= 11 is 0. The largest absolute Gasteiger partial charge is 0.497 e. The van der Waals surface area contributed by atoms with Gasteiger partial charge >= 0.3 is 0 Å². The molecule has 3 aromatic rings. The van der Waals surface area contributed by atoms with E-state index < -0.39 is 0 Å². The Balaban J connectivity index is 1.61. The molecule has 1 amide bonds. The molecule has 0 spiro atoms. The van der Waals surface area contributed by atoms with Gasteiger partial charge in [0.2, 0.25) is 5.91 Å². The van der Waals surface area contributed by atoms with Crippen LogP contribution in [-0.2, 0) is 11.2 Å². The molecular weight excluding hydrogens is 342 g/mol. The van der Waals surface area contributed by atoms with Gasteiger partial charge in [-0.3, -0.25) is 4.79 Å². The highest BCUT2D eigenvalue weighted by Gasteiger charge is 2.10. The van der Waals surface area contributed by atoms with E-state index in [1.807, 2.05) is 48.5 Å². The lowest BCUT2D eigenvalue weighted by Crippen LogP contribution is -2.14. The van der Waals surface area contributed by atoms with Crippen LogP contribution in [0.3, 0.4) is 0 Å². The van der Waals surface area contributed by atoms with Crippen molar-refractivity contribution in [2.45, 2.75) is 6.42 Å². The summed E-state index contributed by atoms with van der Waals surface area (Å²) in [7, 11) is 3.16. The summed E-state index contributed by atoms with van der Waals surface area (Å²) in [5.41, 5.74) is 1.49. The zero-order chi connectivity index (χ0) is 19.1. The van der Waals surface area contributed by atoms with Crippen molar-refractivity contribution in [2.75, 3.05) is 19.5 Å². The molecule has 0 fully saturated rings. The third-order valence-corrected chi connectivity index (χ3v) is 3.96. The maximum absolute atomic E-state index is 12.4. The molecule has 5 heteroatoms. The van der Waals surface area contributed by atoms with Crippen LogP contribution in [0, 0.1) is 0 Å². The van der Waals surface area contributed by atoms with Crippen molar-refractivity contribution in [2.24, 2.45) is 0 Å². The van der Waals surface area contributed by atoms with E-state index >= 15 is 0 Å². The summed E-state index contributed by atoms with van der Waals surface area (Å²) in [4.78, 5) is 12.4. The quantitative estimate of drug-likeness (QED) is 0.662. The summed E-state index contributed by atoms with van der Waals surface area (Å²) in [5, 5.41) is 2.88. The third kappa shape index (κ3) is 5.01. The molecule has 3 aromatic carbocycles. The maximum Gasteiger partial charge on any atom is 0.228 e. The second-order valence-corrected chi connectivity index (χ2v) is 5.84. The van der Waals surface area contributed by atoms with Crippen molar-refractivity contribution in [3.63, 3.8) is 0 Å². The molecule has 0 aliphatic rings. The van der Waals surface area contributed by atoms with Gasteiger partial charge in [0.25, 0.3) is 0 Å². The van der Waals surface area contributed by atoms with Gasteiger partial charge in [-0.1, -0.05) is 24.3 Å². The van der Waals surface area contributed by atoms with Gasteiger partial charge in [0.1, 0.15) is 23.0 Å². The zero-order valence-corrected chi connectivity index (χ0v) is 15.3. The molecule has 0 saturated carbocycles. The number of rotatable bonds is 7. The molecule has 5 nitrogen and oxygen atoms in total. The fraction of sp³-hybridized carbons (Fsp3) is 0.136. The van der Waals surface area contributed by atoms with Gasteiger partial charge in [-0.05, 0) is 42.5 Å². The lowest BCUT2D eigenvalue weighted by atomic mass is 10.1. The van der Waals surface area contributed by atoms with Crippen molar-refractivity contribution < 1.29 is 19.0 Å². The minimum Gasteiger partial charge on any atom is -0.497 e. The van der Waals surface area contributed by atoms with Crippen LogP contribution >= 0.6 is 0 Å². The zero-order valence-electron chi connectivity index (χ0n) is 15.3. The van der Waals surface area contributed by atoms with Crippen LogP contribution in [0.1, 0.15) is 5.56 Å². The molecule has 0 heterocycles. The minimum atomic E-state index is -0.129. The van der Waals surface area contributed by atoms with Crippen LogP contribution in [0.4, 0.5) is 5.69 Å². The normalized spacial score (nSPS) is 10.1. The molecule has 0 atom stereocenters. The maximum atomic E-state index is 12.4. The summed E-state index contributed by atoms with van der Waals surface area (Å²) in [6.07, 6.45) is 0.204. The fourth-order valence-corrected chi connectivity index (χ4v) is 2.61. The van der Waals surface area contributed by atoms with Crippen molar-refractivity contribution in [3.8, 4) is 23.0 Å². The Morgan fingerprint density at radius 1 is 0.815 bits per heavy atom. The molecule has 0 bridgehead atoms. The number of anilines is 1. The Bertz CT molecular complexity index is 892. The summed E-state index contributed by atoms with van der Waals surface area (Å²) in [5.74, 6) is 2.65. The second-order valence-electron chi connectivity index (χ2n) is 5.84. The number of methoxy groups -OCH3 is 2. The van der Waals surface area contributed by atoms with E-state index in [1.165, 1.54) is 0 Å². The molecule has 1 N–H and O–H groups in total. The molecule has 0 unspecified atom stereocenters. The highest BCUT2D eigenvalue weighted by atomic mass is 16.5. The number of carbonyl (C=O) groups excluding carboxylic acids is 1. The van der Waals surface area contributed by atoms with Gasteiger partial charge < -0.3 is 19.5 Å². The van der Waals surface area contributed by atoms with Gasteiger partial charge in [-0.2, -0.15) is 0 Å². The van der Waals surface area contributed by atoms with Gasteiger partial charge in [0.05, 0.1) is 20.6 Å². The van der Waals surface area contributed by atoms with Gasteiger partial charge in [-0.25, -0.2) is 0 Å². The first-order valence-corrected chi connectivity index (χ1v) is 8.51. The Kier molecular flexibility index (Phi) is 5.94. The monoisotopic (exact) mass is 363 g/mol. The molecule has 27 heavy (non-hydrogen) atoms. The molecule has 0 aliphatic heterocycles. The predicted octanol–water partition coefficient (Wildman–Crippen LogP) is 4.68. The van der Waals surface area contributed by atoms with Crippen LogP contribution < -0.4 is 19.5 Å².